The van der Waals surface area contributed by atoms with E-state index in [-0.39, 0.29) is 10.7 Å². The molecule has 0 saturated carbocycles. The van der Waals surface area contributed by atoms with Gasteiger partial charge in [-0.05, 0) is 31.9 Å². The molecule has 6 heteroatoms. The summed E-state index contributed by atoms with van der Waals surface area (Å²) >= 11 is 0. The second-order valence-electron chi connectivity index (χ2n) is 6.03. The first-order valence-electron chi connectivity index (χ1n) is 7.95. The molecule has 25 heavy (non-hydrogen) atoms. The van der Waals surface area contributed by atoms with Crippen LogP contribution >= 0.6 is 0 Å². The Balaban J connectivity index is 2.07. The SMILES string of the molecule is Cc1cccc(C(NS(=O)(=O)c2c(C)noc2C)c2ccccc2)c1. The maximum atomic E-state index is 13.0. The van der Waals surface area contributed by atoms with E-state index in [9.17, 15) is 8.42 Å². The van der Waals surface area contributed by atoms with Gasteiger partial charge in [0.15, 0.2) is 5.76 Å². The lowest BCUT2D eigenvalue weighted by Gasteiger charge is -2.20. The van der Waals surface area contributed by atoms with Crippen LogP contribution in [-0.2, 0) is 10.0 Å². The van der Waals surface area contributed by atoms with Crippen molar-refractivity contribution in [1.82, 2.24) is 9.88 Å². The lowest BCUT2D eigenvalue weighted by molar-refractivity contribution is 0.390. The van der Waals surface area contributed by atoms with Crippen LogP contribution in [0.5, 0.6) is 0 Å². The number of benzene rings is 2. The van der Waals surface area contributed by atoms with Gasteiger partial charge in [0.1, 0.15) is 10.6 Å². The van der Waals surface area contributed by atoms with E-state index in [2.05, 4.69) is 9.88 Å². The normalized spacial score (nSPS) is 12.9. The Morgan fingerprint density at radius 3 is 2.24 bits per heavy atom. The zero-order valence-electron chi connectivity index (χ0n) is 14.4. The highest BCUT2D eigenvalue weighted by molar-refractivity contribution is 7.89. The lowest BCUT2D eigenvalue weighted by atomic mass is 9.98. The third kappa shape index (κ3) is 3.65. The van der Waals surface area contributed by atoms with Gasteiger partial charge in [-0.2, -0.15) is 4.72 Å². The highest BCUT2D eigenvalue weighted by Crippen LogP contribution is 2.27. The van der Waals surface area contributed by atoms with Crippen molar-refractivity contribution in [2.75, 3.05) is 0 Å². The quantitative estimate of drug-likeness (QED) is 0.757. The summed E-state index contributed by atoms with van der Waals surface area (Å²) < 4.78 is 33.8. The summed E-state index contributed by atoms with van der Waals surface area (Å²) in [6, 6.07) is 16.8. The minimum absolute atomic E-state index is 0.0982. The van der Waals surface area contributed by atoms with Crippen molar-refractivity contribution in [1.29, 1.82) is 0 Å². The van der Waals surface area contributed by atoms with E-state index in [0.717, 1.165) is 16.7 Å². The molecule has 1 heterocycles. The number of aryl methyl sites for hydroxylation is 3. The van der Waals surface area contributed by atoms with Crippen molar-refractivity contribution in [2.45, 2.75) is 31.7 Å². The van der Waals surface area contributed by atoms with Gasteiger partial charge in [0.2, 0.25) is 10.0 Å². The summed E-state index contributed by atoms with van der Waals surface area (Å²) in [5.41, 5.74) is 3.15. The fraction of sp³-hybridized carbons (Fsp3) is 0.211. The van der Waals surface area contributed by atoms with E-state index in [0.29, 0.717) is 5.69 Å². The van der Waals surface area contributed by atoms with E-state index < -0.39 is 16.1 Å². The van der Waals surface area contributed by atoms with E-state index in [1.54, 1.807) is 13.8 Å². The highest BCUT2D eigenvalue weighted by atomic mass is 32.2. The summed E-state index contributed by atoms with van der Waals surface area (Å²) in [6.45, 7) is 5.20. The summed E-state index contributed by atoms with van der Waals surface area (Å²) in [6.07, 6.45) is 0. The van der Waals surface area contributed by atoms with Crippen LogP contribution in [0.4, 0.5) is 0 Å². The summed E-state index contributed by atoms with van der Waals surface area (Å²) in [5, 5.41) is 3.76. The molecule has 1 unspecified atom stereocenters. The van der Waals surface area contributed by atoms with Gasteiger partial charge >= 0.3 is 0 Å². The number of aromatic nitrogens is 1. The van der Waals surface area contributed by atoms with Crippen molar-refractivity contribution < 1.29 is 12.9 Å². The zero-order chi connectivity index (χ0) is 18.0. The number of hydrogen-bond acceptors (Lipinski definition) is 4. The zero-order valence-corrected chi connectivity index (χ0v) is 15.2. The third-order valence-corrected chi connectivity index (χ3v) is 5.68. The molecule has 1 N–H and O–H groups in total. The molecule has 1 aromatic heterocycles. The average molecular weight is 356 g/mol. The van der Waals surface area contributed by atoms with Crippen LogP contribution in [0.1, 0.15) is 34.2 Å². The molecule has 0 saturated heterocycles. The number of rotatable bonds is 5. The van der Waals surface area contributed by atoms with Crippen molar-refractivity contribution >= 4 is 10.0 Å². The van der Waals surface area contributed by atoms with Crippen LogP contribution in [0, 0.1) is 20.8 Å². The van der Waals surface area contributed by atoms with Crippen molar-refractivity contribution in [2.24, 2.45) is 0 Å². The average Bonchev–Trinajstić information content (AvgIpc) is 2.93. The number of nitrogens with zero attached hydrogens (tertiary/aromatic N) is 1. The standard InChI is InChI=1S/C19H20N2O3S/c1-13-8-7-11-17(12-13)18(16-9-5-4-6-10-16)21-25(22,23)19-14(2)20-24-15(19)3/h4-12,18,21H,1-3H3. The van der Waals surface area contributed by atoms with E-state index in [1.165, 1.54) is 0 Å². The van der Waals surface area contributed by atoms with Crippen LogP contribution < -0.4 is 4.72 Å². The molecule has 130 valence electrons. The molecule has 0 radical (unpaired) electrons. The molecular weight excluding hydrogens is 336 g/mol. The molecule has 0 aliphatic rings. The van der Waals surface area contributed by atoms with Crippen molar-refractivity contribution in [3.05, 3.63) is 82.7 Å². The predicted molar refractivity (Wildman–Crippen MR) is 95.8 cm³/mol. The Hall–Kier alpha value is -2.44. The molecule has 0 fully saturated rings. The minimum atomic E-state index is -3.79. The molecule has 0 aliphatic carbocycles. The van der Waals surface area contributed by atoms with Gasteiger partial charge in [0.05, 0.1) is 6.04 Å². The first kappa shape index (κ1) is 17.4. The van der Waals surface area contributed by atoms with Crippen molar-refractivity contribution in [3.63, 3.8) is 0 Å². The van der Waals surface area contributed by atoms with E-state index >= 15 is 0 Å². The Morgan fingerprint density at radius 1 is 0.960 bits per heavy atom. The largest absolute Gasteiger partial charge is 0.360 e. The molecule has 0 bridgehead atoms. The first-order chi connectivity index (χ1) is 11.9. The van der Waals surface area contributed by atoms with Crippen LogP contribution in [0.25, 0.3) is 0 Å². The molecular formula is C19H20N2O3S. The molecule has 3 rings (SSSR count). The fourth-order valence-electron chi connectivity index (χ4n) is 2.90. The van der Waals surface area contributed by atoms with Crippen molar-refractivity contribution in [3.8, 4) is 0 Å². The summed E-state index contributed by atoms with van der Waals surface area (Å²) in [4.78, 5) is 0.0982. The summed E-state index contributed by atoms with van der Waals surface area (Å²) in [5.74, 6) is 0.279. The van der Waals surface area contributed by atoms with Gasteiger partial charge in [-0.15, -0.1) is 0 Å². The van der Waals surface area contributed by atoms with Crippen LogP contribution in [0.15, 0.2) is 64.0 Å². The van der Waals surface area contributed by atoms with Crippen LogP contribution in [-0.4, -0.2) is 13.6 Å². The van der Waals surface area contributed by atoms with E-state index in [1.807, 2.05) is 61.5 Å². The van der Waals surface area contributed by atoms with Gasteiger partial charge in [-0.1, -0.05) is 65.3 Å². The van der Waals surface area contributed by atoms with Crippen LogP contribution in [0.2, 0.25) is 0 Å². The first-order valence-corrected chi connectivity index (χ1v) is 9.43. The Bertz CT molecular complexity index is 959. The number of nitrogens with one attached hydrogen (secondary N) is 1. The molecule has 3 aromatic rings. The smallest absolute Gasteiger partial charge is 0.246 e. The Kier molecular flexibility index (Phi) is 4.74. The second-order valence-corrected chi connectivity index (χ2v) is 7.68. The predicted octanol–water partition coefficient (Wildman–Crippen LogP) is 3.67. The van der Waals surface area contributed by atoms with E-state index in [4.69, 9.17) is 4.52 Å². The van der Waals surface area contributed by atoms with Gasteiger partial charge < -0.3 is 4.52 Å². The van der Waals surface area contributed by atoms with Gasteiger partial charge in [-0.25, -0.2) is 8.42 Å². The van der Waals surface area contributed by atoms with Gasteiger partial charge in [0.25, 0.3) is 0 Å². The Morgan fingerprint density at radius 2 is 1.64 bits per heavy atom. The molecule has 2 aromatic carbocycles. The second kappa shape index (κ2) is 6.82. The molecule has 0 spiro atoms. The summed E-state index contributed by atoms with van der Waals surface area (Å²) in [7, 11) is -3.79. The van der Waals surface area contributed by atoms with Gasteiger partial charge in [0, 0.05) is 0 Å². The molecule has 1 atom stereocenters. The fourth-order valence-corrected chi connectivity index (χ4v) is 4.44. The number of sulfonamides is 1. The molecule has 5 nitrogen and oxygen atoms in total. The topological polar surface area (TPSA) is 72.2 Å². The maximum Gasteiger partial charge on any atom is 0.246 e. The maximum absolute atomic E-state index is 13.0. The Labute approximate surface area is 147 Å². The highest BCUT2D eigenvalue weighted by Gasteiger charge is 2.28. The van der Waals surface area contributed by atoms with Gasteiger partial charge in [-0.3, -0.25) is 0 Å². The number of hydrogen-bond donors (Lipinski definition) is 1. The monoisotopic (exact) mass is 356 g/mol. The molecule has 0 amide bonds. The lowest BCUT2D eigenvalue weighted by Crippen LogP contribution is -2.30. The molecule has 0 aliphatic heterocycles. The van der Waals surface area contributed by atoms with Crippen LogP contribution in [0.3, 0.4) is 0 Å². The third-order valence-electron chi connectivity index (χ3n) is 4.02. The minimum Gasteiger partial charge on any atom is -0.360 e.